The average molecular weight is 527 g/mol. The molecular formula is C24H16N2Pt. The molecule has 0 bridgehead atoms. The van der Waals surface area contributed by atoms with Crippen LogP contribution in [0, 0.1) is 12.1 Å². The number of rotatable bonds is 4. The van der Waals surface area contributed by atoms with Crippen molar-refractivity contribution in [2.45, 2.75) is 0 Å². The van der Waals surface area contributed by atoms with Crippen LogP contribution < -0.4 is 0 Å². The summed E-state index contributed by atoms with van der Waals surface area (Å²) >= 11 is 0. The molecule has 0 aliphatic heterocycles. The molecule has 1 heterocycles. The van der Waals surface area contributed by atoms with E-state index in [2.05, 4.69) is 35.3 Å². The fourth-order valence-corrected chi connectivity index (χ4v) is 2.79. The van der Waals surface area contributed by atoms with Crippen LogP contribution in [0.25, 0.3) is 16.8 Å². The van der Waals surface area contributed by atoms with Crippen molar-refractivity contribution >= 4 is 28.8 Å². The monoisotopic (exact) mass is 527 g/mol. The third-order valence-electron chi connectivity index (χ3n) is 4.02. The largest absolute Gasteiger partial charge is 2.00 e. The quantitative estimate of drug-likeness (QED) is 0.249. The van der Waals surface area contributed by atoms with Crippen molar-refractivity contribution in [1.29, 1.82) is 0 Å². The van der Waals surface area contributed by atoms with Crippen LogP contribution in [0.2, 0.25) is 0 Å². The first kappa shape index (κ1) is 18.9. The maximum atomic E-state index is 4.69. The second-order valence-electron chi connectivity index (χ2n) is 5.80. The van der Waals surface area contributed by atoms with Crippen molar-refractivity contribution in [3.63, 3.8) is 0 Å². The van der Waals surface area contributed by atoms with E-state index in [9.17, 15) is 0 Å². The molecule has 2 nitrogen and oxygen atoms in total. The van der Waals surface area contributed by atoms with Crippen molar-refractivity contribution in [2.75, 3.05) is 0 Å². The van der Waals surface area contributed by atoms with E-state index in [4.69, 9.17) is 4.99 Å². The van der Waals surface area contributed by atoms with Gasteiger partial charge in [0.05, 0.1) is 0 Å². The summed E-state index contributed by atoms with van der Waals surface area (Å²) in [5.74, 6) is 0. The number of hydrogen-bond acceptors (Lipinski definition) is 2. The Morgan fingerprint density at radius 2 is 1.74 bits per heavy atom. The molecule has 0 aliphatic rings. The number of nitrogens with zero attached hydrogens (tertiary/aromatic N) is 2. The number of hydrogen-bond donors (Lipinski definition) is 0. The second-order valence-corrected chi connectivity index (χ2v) is 5.80. The topological polar surface area (TPSA) is 25.2 Å². The van der Waals surface area contributed by atoms with Crippen LogP contribution in [0.1, 0.15) is 16.8 Å². The summed E-state index contributed by atoms with van der Waals surface area (Å²) < 4.78 is 0. The van der Waals surface area contributed by atoms with Crippen LogP contribution in [0.3, 0.4) is 0 Å². The van der Waals surface area contributed by atoms with Gasteiger partial charge in [-0.05, 0) is 24.0 Å². The molecule has 0 saturated carbocycles. The molecule has 132 valence electrons. The summed E-state index contributed by atoms with van der Waals surface area (Å²) in [5.41, 5.74) is 3.74. The summed E-state index contributed by atoms with van der Waals surface area (Å²) in [5, 5.41) is 2.21. The van der Waals surface area contributed by atoms with Crippen molar-refractivity contribution in [1.82, 2.24) is 4.98 Å². The first-order valence-electron chi connectivity index (χ1n) is 8.43. The maximum absolute atomic E-state index is 4.69. The summed E-state index contributed by atoms with van der Waals surface area (Å²) in [4.78, 5) is 9.02. The molecule has 0 amide bonds. The van der Waals surface area contributed by atoms with E-state index in [1.165, 1.54) is 0 Å². The van der Waals surface area contributed by atoms with Gasteiger partial charge in [0.25, 0.3) is 0 Å². The first-order chi connectivity index (χ1) is 12.9. The third kappa shape index (κ3) is 4.67. The Morgan fingerprint density at radius 3 is 2.52 bits per heavy atom. The Hall–Kier alpha value is -2.83. The van der Waals surface area contributed by atoms with Crippen LogP contribution in [0.4, 0.5) is 5.69 Å². The number of aliphatic imine (C=N–C) groups is 1. The van der Waals surface area contributed by atoms with Gasteiger partial charge >= 0.3 is 21.1 Å². The standard InChI is InChI=1S/C24H16N2.Pt/c1-2-8-19(9-3-1)18-26-23-14-7-12-20-10-6-11-21(24(20)23)15-16-22-13-4-5-17-25-22;/h1-8,10-14,16-18H;/q-2;+2. The van der Waals surface area contributed by atoms with E-state index >= 15 is 0 Å². The minimum Gasteiger partial charge on any atom is -0.314 e. The average Bonchev–Trinajstić information content (AvgIpc) is 2.72. The van der Waals surface area contributed by atoms with Crippen molar-refractivity contribution in [3.05, 3.63) is 114 Å². The molecule has 0 unspecified atom stereocenters. The zero-order chi connectivity index (χ0) is 17.6. The summed E-state index contributed by atoms with van der Waals surface area (Å²) in [7, 11) is 0. The van der Waals surface area contributed by atoms with Gasteiger partial charge in [0, 0.05) is 11.9 Å². The zero-order valence-corrected chi connectivity index (χ0v) is 16.7. The second kappa shape index (κ2) is 9.21. The minimum atomic E-state index is 0. The van der Waals surface area contributed by atoms with Crippen LogP contribution in [0.15, 0.2) is 90.1 Å². The Morgan fingerprint density at radius 1 is 0.889 bits per heavy atom. The number of aromatic nitrogens is 1. The molecular weight excluding hydrogens is 511 g/mol. The van der Waals surface area contributed by atoms with Crippen molar-refractivity contribution < 1.29 is 21.1 Å². The molecule has 3 aromatic carbocycles. The van der Waals surface area contributed by atoms with E-state index in [0.29, 0.717) is 0 Å². The van der Waals surface area contributed by atoms with Crippen molar-refractivity contribution in [2.24, 2.45) is 4.99 Å². The van der Waals surface area contributed by atoms with E-state index < -0.39 is 0 Å². The van der Waals surface area contributed by atoms with Crippen LogP contribution in [-0.4, -0.2) is 11.2 Å². The Labute approximate surface area is 173 Å². The molecule has 0 N–H and O–H groups in total. The molecule has 0 radical (unpaired) electrons. The number of benzene rings is 3. The predicted octanol–water partition coefficient (Wildman–Crippen LogP) is 5.65. The Kier molecular flexibility index (Phi) is 6.46. The summed E-state index contributed by atoms with van der Waals surface area (Å²) in [6.07, 6.45) is 8.90. The van der Waals surface area contributed by atoms with Gasteiger partial charge in [-0.25, -0.2) is 0 Å². The SMILES string of the molecule is [C-](=Cc1ccccn1)c1cccc2cccc(N=Cc3[c-]cccc3)c12.[Pt+2]. The van der Waals surface area contributed by atoms with Gasteiger partial charge < -0.3 is 9.98 Å². The molecule has 1 aromatic heterocycles. The molecule has 4 aromatic rings. The Bertz CT molecular complexity index is 987. The normalized spacial score (nSPS) is 11.1. The molecule has 3 heteroatoms. The zero-order valence-electron chi connectivity index (χ0n) is 14.4. The van der Waals surface area contributed by atoms with Crippen LogP contribution >= 0.6 is 0 Å². The smallest absolute Gasteiger partial charge is 0.314 e. The van der Waals surface area contributed by atoms with Gasteiger partial charge in [0.1, 0.15) is 0 Å². The molecule has 0 fully saturated rings. The van der Waals surface area contributed by atoms with Gasteiger partial charge in [-0.1, -0.05) is 41.1 Å². The molecule has 27 heavy (non-hydrogen) atoms. The fraction of sp³-hybridized carbons (Fsp3) is 0. The van der Waals surface area contributed by atoms with E-state index in [0.717, 1.165) is 33.3 Å². The van der Waals surface area contributed by atoms with E-state index in [1.807, 2.05) is 73.0 Å². The molecule has 0 atom stereocenters. The van der Waals surface area contributed by atoms with Gasteiger partial charge in [-0.3, -0.25) is 0 Å². The molecule has 0 aliphatic carbocycles. The Balaban J connectivity index is 0.00000210. The fourth-order valence-electron chi connectivity index (χ4n) is 2.79. The third-order valence-corrected chi connectivity index (χ3v) is 4.02. The molecule has 4 rings (SSSR count). The van der Waals surface area contributed by atoms with Crippen LogP contribution in [0.5, 0.6) is 0 Å². The first-order valence-corrected chi connectivity index (χ1v) is 8.43. The van der Waals surface area contributed by atoms with Crippen molar-refractivity contribution in [3.8, 4) is 0 Å². The predicted molar refractivity (Wildman–Crippen MR) is 108 cm³/mol. The molecule has 0 saturated heterocycles. The minimum absolute atomic E-state index is 0. The summed E-state index contributed by atoms with van der Waals surface area (Å²) in [6.45, 7) is 0. The van der Waals surface area contributed by atoms with Gasteiger partial charge in [-0.15, -0.1) is 65.7 Å². The summed E-state index contributed by atoms with van der Waals surface area (Å²) in [6, 6.07) is 29.1. The number of fused-ring (bicyclic) bond motifs is 1. The maximum Gasteiger partial charge on any atom is 2.00 e. The van der Waals surface area contributed by atoms with Gasteiger partial charge in [-0.2, -0.15) is 0 Å². The van der Waals surface area contributed by atoms with Gasteiger partial charge in [0.2, 0.25) is 0 Å². The number of pyridine rings is 1. The van der Waals surface area contributed by atoms with E-state index in [-0.39, 0.29) is 21.1 Å². The van der Waals surface area contributed by atoms with Crippen LogP contribution in [-0.2, 0) is 21.1 Å². The van der Waals surface area contributed by atoms with Gasteiger partial charge in [0.15, 0.2) is 0 Å². The van der Waals surface area contributed by atoms with E-state index in [1.54, 1.807) is 6.20 Å². The molecule has 0 spiro atoms.